The zero-order valence-electron chi connectivity index (χ0n) is 8.46. The maximum Gasteiger partial charge on any atom is 0.129 e. The van der Waals surface area contributed by atoms with Gasteiger partial charge in [-0.3, -0.25) is 4.68 Å². The van der Waals surface area contributed by atoms with Crippen molar-refractivity contribution in [3.63, 3.8) is 0 Å². The zero-order chi connectivity index (χ0) is 9.84. The summed E-state index contributed by atoms with van der Waals surface area (Å²) in [6.45, 7) is 4.97. The first-order chi connectivity index (χ1) is 6.20. The molecule has 1 heterocycles. The zero-order valence-corrected chi connectivity index (χ0v) is 8.46. The molecule has 0 aromatic carbocycles. The molecule has 1 aromatic rings. The van der Waals surface area contributed by atoms with Gasteiger partial charge in [-0.1, -0.05) is 6.92 Å². The molecule has 0 unspecified atom stereocenters. The Morgan fingerprint density at radius 1 is 1.54 bits per heavy atom. The molecule has 0 atom stereocenters. The van der Waals surface area contributed by atoms with Crippen LogP contribution in [0.15, 0.2) is 0 Å². The van der Waals surface area contributed by atoms with Gasteiger partial charge in [0.05, 0.1) is 12.3 Å². The monoisotopic (exact) mass is 183 g/mol. The van der Waals surface area contributed by atoms with E-state index in [1.54, 1.807) is 4.68 Å². The largest absolute Gasteiger partial charge is 0.391 e. The Hall–Kier alpha value is -1.03. The highest BCUT2D eigenvalue weighted by Crippen LogP contribution is 2.18. The lowest BCUT2D eigenvalue weighted by molar-refractivity contribution is 0.281. The van der Waals surface area contributed by atoms with Gasteiger partial charge in [-0.25, -0.2) is 0 Å². The summed E-state index contributed by atoms with van der Waals surface area (Å²) in [7, 11) is 1.88. The molecular weight excluding hydrogens is 166 g/mol. The average molecular weight is 183 g/mol. The maximum atomic E-state index is 9.12. The quantitative estimate of drug-likeness (QED) is 0.733. The Morgan fingerprint density at radius 2 is 2.23 bits per heavy atom. The summed E-state index contributed by atoms with van der Waals surface area (Å²) in [5.41, 5.74) is 1.79. The molecule has 2 N–H and O–H groups in total. The van der Waals surface area contributed by atoms with Crippen LogP contribution in [0.25, 0.3) is 0 Å². The van der Waals surface area contributed by atoms with Gasteiger partial charge >= 0.3 is 0 Å². The van der Waals surface area contributed by atoms with E-state index in [0.29, 0.717) is 0 Å². The number of aryl methyl sites for hydroxylation is 2. The van der Waals surface area contributed by atoms with Crippen molar-refractivity contribution in [3.8, 4) is 0 Å². The summed E-state index contributed by atoms with van der Waals surface area (Å²) in [5, 5.41) is 16.6. The first-order valence-corrected chi connectivity index (χ1v) is 4.57. The number of anilines is 1. The van der Waals surface area contributed by atoms with Gasteiger partial charge in [-0.2, -0.15) is 5.10 Å². The second-order valence-electron chi connectivity index (χ2n) is 3.12. The fraction of sp³-hybridized carbons (Fsp3) is 0.667. The van der Waals surface area contributed by atoms with E-state index >= 15 is 0 Å². The molecule has 0 aliphatic carbocycles. The lowest BCUT2D eigenvalue weighted by atomic mass is 10.2. The summed E-state index contributed by atoms with van der Waals surface area (Å²) >= 11 is 0. The molecule has 74 valence electrons. The Balaban J connectivity index is 2.89. The van der Waals surface area contributed by atoms with Gasteiger partial charge < -0.3 is 10.4 Å². The number of aliphatic hydroxyl groups excluding tert-OH is 1. The number of nitrogens with zero attached hydrogens (tertiary/aromatic N) is 2. The van der Waals surface area contributed by atoms with E-state index in [9.17, 15) is 0 Å². The van der Waals surface area contributed by atoms with Crippen LogP contribution in [-0.2, 0) is 13.7 Å². The van der Waals surface area contributed by atoms with Crippen LogP contribution < -0.4 is 5.32 Å². The molecule has 0 amide bonds. The summed E-state index contributed by atoms with van der Waals surface area (Å²) in [6, 6.07) is 0. The van der Waals surface area contributed by atoms with Crippen LogP contribution in [0.1, 0.15) is 24.6 Å². The number of hydrogen-bond donors (Lipinski definition) is 2. The van der Waals surface area contributed by atoms with E-state index in [2.05, 4.69) is 17.3 Å². The summed E-state index contributed by atoms with van der Waals surface area (Å²) < 4.78 is 1.77. The summed E-state index contributed by atoms with van der Waals surface area (Å²) in [5.74, 6) is 0.932. The van der Waals surface area contributed by atoms with Crippen molar-refractivity contribution in [1.82, 2.24) is 9.78 Å². The topological polar surface area (TPSA) is 50.1 Å². The molecule has 0 bridgehead atoms. The van der Waals surface area contributed by atoms with Crippen LogP contribution in [0.2, 0.25) is 0 Å². The van der Waals surface area contributed by atoms with Crippen molar-refractivity contribution in [3.05, 3.63) is 11.3 Å². The van der Waals surface area contributed by atoms with E-state index in [0.717, 1.165) is 30.0 Å². The van der Waals surface area contributed by atoms with Crippen molar-refractivity contribution in [1.29, 1.82) is 0 Å². The van der Waals surface area contributed by atoms with E-state index in [1.807, 2.05) is 14.0 Å². The van der Waals surface area contributed by atoms with E-state index < -0.39 is 0 Å². The van der Waals surface area contributed by atoms with Crippen molar-refractivity contribution < 1.29 is 5.11 Å². The molecule has 4 heteroatoms. The predicted molar refractivity (Wildman–Crippen MR) is 52.6 cm³/mol. The summed E-state index contributed by atoms with van der Waals surface area (Å²) in [4.78, 5) is 0. The van der Waals surface area contributed by atoms with Gasteiger partial charge in [0.15, 0.2) is 0 Å². The van der Waals surface area contributed by atoms with Gasteiger partial charge in [0.25, 0.3) is 0 Å². The third-order valence-electron chi connectivity index (χ3n) is 2.05. The van der Waals surface area contributed by atoms with Gasteiger partial charge in [0.2, 0.25) is 0 Å². The van der Waals surface area contributed by atoms with Crippen molar-refractivity contribution in [2.75, 3.05) is 11.9 Å². The SMILES string of the molecule is CCCNc1c(CO)c(C)nn1C. The van der Waals surface area contributed by atoms with Crippen LogP contribution in [0, 0.1) is 6.92 Å². The smallest absolute Gasteiger partial charge is 0.129 e. The Bertz CT molecular complexity index is 281. The van der Waals surface area contributed by atoms with E-state index in [-0.39, 0.29) is 6.61 Å². The fourth-order valence-corrected chi connectivity index (χ4v) is 1.36. The van der Waals surface area contributed by atoms with Crippen LogP contribution in [0.3, 0.4) is 0 Å². The molecule has 0 saturated carbocycles. The highest BCUT2D eigenvalue weighted by Gasteiger charge is 2.10. The molecule has 0 aliphatic rings. The maximum absolute atomic E-state index is 9.12. The Labute approximate surface area is 78.6 Å². The van der Waals surface area contributed by atoms with Crippen molar-refractivity contribution >= 4 is 5.82 Å². The number of hydrogen-bond acceptors (Lipinski definition) is 3. The highest BCUT2D eigenvalue weighted by atomic mass is 16.3. The molecule has 0 saturated heterocycles. The Kier molecular flexibility index (Phi) is 3.31. The number of aromatic nitrogens is 2. The minimum Gasteiger partial charge on any atom is -0.391 e. The molecular formula is C9H17N3O. The van der Waals surface area contributed by atoms with Crippen molar-refractivity contribution in [2.45, 2.75) is 26.9 Å². The molecule has 1 aromatic heterocycles. The molecule has 13 heavy (non-hydrogen) atoms. The lowest BCUT2D eigenvalue weighted by Crippen LogP contribution is -2.07. The standard InChI is InChI=1S/C9H17N3O/c1-4-5-10-9-8(6-13)7(2)11-12(9)3/h10,13H,4-6H2,1-3H3. The van der Waals surface area contributed by atoms with Crippen LogP contribution >= 0.6 is 0 Å². The van der Waals surface area contributed by atoms with Gasteiger partial charge in [0.1, 0.15) is 5.82 Å². The third kappa shape index (κ3) is 2.01. The van der Waals surface area contributed by atoms with Crippen LogP contribution in [0.4, 0.5) is 5.82 Å². The molecule has 0 spiro atoms. The fourth-order valence-electron chi connectivity index (χ4n) is 1.36. The minimum atomic E-state index is 0.0473. The summed E-state index contributed by atoms with van der Waals surface area (Å²) in [6.07, 6.45) is 1.06. The lowest BCUT2D eigenvalue weighted by Gasteiger charge is -2.06. The van der Waals surface area contributed by atoms with Gasteiger partial charge in [-0.05, 0) is 13.3 Å². The van der Waals surface area contributed by atoms with Gasteiger partial charge in [0, 0.05) is 19.2 Å². The normalized spacial score (nSPS) is 10.5. The van der Waals surface area contributed by atoms with Crippen molar-refractivity contribution in [2.24, 2.45) is 7.05 Å². The minimum absolute atomic E-state index is 0.0473. The first-order valence-electron chi connectivity index (χ1n) is 4.57. The molecule has 4 nitrogen and oxygen atoms in total. The second kappa shape index (κ2) is 4.28. The number of nitrogens with one attached hydrogen (secondary N) is 1. The Morgan fingerprint density at radius 3 is 2.77 bits per heavy atom. The van der Waals surface area contributed by atoms with Crippen LogP contribution in [0.5, 0.6) is 0 Å². The second-order valence-corrected chi connectivity index (χ2v) is 3.12. The van der Waals surface area contributed by atoms with Gasteiger partial charge in [-0.15, -0.1) is 0 Å². The molecule has 1 rings (SSSR count). The third-order valence-corrected chi connectivity index (χ3v) is 2.05. The van der Waals surface area contributed by atoms with Crippen LogP contribution in [-0.4, -0.2) is 21.4 Å². The average Bonchev–Trinajstić information content (AvgIpc) is 2.37. The molecule has 0 aliphatic heterocycles. The number of rotatable bonds is 4. The van der Waals surface area contributed by atoms with E-state index in [1.165, 1.54) is 0 Å². The predicted octanol–water partition coefficient (Wildman–Crippen LogP) is 1.04. The molecule has 0 radical (unpaired) electrons. The van der Waals surface area contributed by atoms with E-state index in [4.69, 9.17) is 5.11 Å². The molecule has 0 fully saturated rings. The number of aliphatic hydroxyl groups is 1. The highest BCUT2D eigenvalue weighted by molar-refractivity contribution is 5.46. The first kappa shape index (κ1) is 10.1.